The van der Waals surface area contributed by atoms with Gasteiger partial charge >= 0.3 is 0 Å². The van der Waals surface area contributed by atoms with Gasteiger partial charge < -0.3 is 10.5 Å². The molecule has 0 amide bonds. The molecule has 78 valence electrons. The fraction of sp³-hybridized carbons (Fsp3) is 0.700. The minimum atomic E-state index is 0.157. The van der Waals surface area contributed by atoms with E-state index in [0.717, 1.165) is 31.7 Å². The summed E-state index contributed by atoms with van der Waals surface area (Å²) in [5.74, 6) is 0. The third-order valence-electron chi connectivity index (χ3n) is 2.81. The zero-order valence-corrected chi connectivity index (χ0v) is 9.27. The van der Waals surface area contributed by atoms with E-state index >= 15 is 0 Å². The SMILES string of the molecule is Cc1csc(CC2(CN)CCOC2)n1. The second-order valence-electron chi connectivity index (χ2n) is 4.07. The van der Waals surface area contributed by atoms with Gasteiger partial charge in [0, 0.05) is 36.1 Å². The first-order valence-electron chi connectivity index (χ1n) is 4.93. The van der Waals surface area contributed by atoms with E-state index in [0.29, 0.717) is 6.54 Å². The molecule has 0 radical (unpaired) electrons. The average molecular weight is 212 g/mol. The maximum absolute atomic E-state index is 5.82. The Labute approximate surface area is 88.3 Å². The average Bonchev–Trinajstić information content (AvgIpc) is 2.77. The summed E-state index contributed by atoms with van der Waals surface area (Å²) in [5, 5.41) is 3.29. The van der Waals surface area contributed by atoms with Crippen LogP contribution < -0.4 is 5.73 Å². The van der Waals surface area contributed by atoms with E-state index in [1.54, 1.807) is 11.3 Å². The lowest BCUT2D eigenvalue weighted by Crippen LogP contribution is -2.33. The molecule has 1 fully saturated rings. The van der Waals surface area contributed by atoms with Gasteiger partial charge in [-0.1, -0.05) is 0 Å². The molecule has 1 aliphatic heterocycles. The molecule has 0 aliphatic carbocycles. The van der Waals surface area contributed by atoms with Crippen LogP contribution in [0.1, 0.15) is 17.1 Å². The van der Waals surface area contributed by atoms with Crippen molar-refractivity contribution in [1.29, 1.82) is 0 Å². The highest BCUT2D eigenvalue weighted by Crippen LogP contribution is 2.32. The highest BCUT2D eigenvalue weighted by molar-refractivity contribution is 7.09. The lowest BCUT2D eigenvalue weighted by Gasteiger charge is -2.23. The van der Waals surface area contributed by atoms with Gasteiger partial charge in [-0.15, -0.1) is 11.3 Å². The summed E-state index contributed by atoms with van der Waals surface area (Å²) in [6.45, 7) is 4.37. The van der Waals surface area contributed by atoms with Crippen molar-refractivity contribution in [2.24, 2.45) is 11.1 Å². The Morgan fingerprint density at radius 3 is 3.07 bits per heavy atom. The number of aryl methyl sites for hydroxylation is 1. The first-order valence-corrected chi connectivity index (χ1v) is 5.81. The van der Waals surface area contributed by atoms with Gasteiger partial charge in [-0.3, -0.25) is 0 Å². The number of nitrogens with two attached hydrogens (primary N) is 1. The minimum Gasteiger partial charge on any atom is -0.381 e. The molecule has 1 aromatic rings. The Kier molecular flexibility index (Phi) is 2.85. The topological polar surface area (TPSA) is 48.1 Å². The summed E-state index contributed by atoms with van der Waals surface area (Å²) in [5.41, 5.74) is 7.08. The smallest absolute Gasteiger partial charge is 0.0935 e. The van der Waals surface area contributed by atoms with E-state index in [1.165, 1.54) is 5.01 Å². The normalized spacial score (nSPS) is 27.0. The Morgan fingerprint density at radius 2 is 2.57 bits per heavy atom. The van der Waals surface area contributed by atoms with Gasteiger partial charge in [0.25, 0.3) is 0 Å². The lowest BCUT2D eigenvalue weighted by atomic mass is 9.84. The predicted octanol–water partition coefficient (Wildman–Crippen LogP) is 1.36. The number of nitrogens with zero attached hydrogens (tertiary/aromatic N) is 1. The van der Waals surface area contributed by atoms with E-state index in [4.69, 9.17) is 10.5 Å². The van der Waals surface area contributed by atoms with Gasteiger partial charge in [-0.05, 0) is 13.3 Å². The first kappa shape index (κ1) is 10.1. The Morgan fingerprint density at radius 1 is 1.71 bits per heavy atom. The zero-order valence-electron chi connectivity index (χ0n) is 8.45. The standard InChI is InChI=1S/C10H16N2OS/c1-8-5-14-9(12-8)4-10(6-11)2-3-13-7-10/h5H,2-4,6-7,11H2,1H3. The molecule has 0 aromatic carbocycles. The molecule has 2 N–H and O–H groups in total. The maximum Gasteiger partial charge on any atom is 0.0935 e. The van der Waals surface area contributed by atoms with Crippen LogP contribution in [-0.4, -0.2) is 24.7 Å². The number of hydrogen-bond acceptors (Lipinski definition) is 4. The van der Waals surface area contributed by atoms with Crippen LogP contribution in [0.15, 0.2) is 5.38 Å². The number of hydrogen-bond donors (Lipinski definition) is 1. The van der Waals surface area contributed by atoms with Crippen LogP contribution in [0, 0.1) is 12.3 Å². The van der Waals surface area contributed by atoms with Crippen LogP contribution in [0.3, 0.4) is 0 Å². The summed E-state index contributed by atoms with van der Waals surface area (Å²) >= 11 is 1.73. The molecule has 2 heterocycles. The van der Waals surface area contributed by atoms with Gasteiger partial charge in [-0.25, -0.2) is 4.98 Å². The van der Waals surface area contributed by atoms with Crippen molar-refractivity contribution in [2.75, 3.05) is 19.8 Å². The third-order valence-corrected chi connectivity index (χ3v) is 3.78. The largest absolute Gasteiger partial charge is 0.381 e. The molecule has 0 bridgehead atoms. The second kappa shape index (κ2) is 3.96. The van der Waals surface area contributed by atoms with Crippen molar-refractivity contribution in [3.63, 3.8) is 0 Å². The Hall–Kier alpha value is -0.450. The van der Waals surface area contributed by atoms with Crippen LogP contribution >= 0.6 is 11.3 Å². The third kappa shape index (κ3) is 1.97. The van der Waals surface area contributed by atoms with Crippen LogP contribution in [0.2, 0.25) is 0 Å². The van der Waals surface area contributed by atoms with E-state index in [1.807, 2.05) is 6.92 Å². The van der Waals surface area contributed by atoms with Crippen LogP contribution in [-0.2, 0) is 11.2 Å². The van der Waals surface area contributed by atoms with Gasteiger partial charge in [0.2, 0.25) is 0 Å². The summed E-state index contributed by atoms with van der Waals surface area (Å²) < 4.78 is 5.43. The highest BCUT2D eigenvalue weighted by atomic mass is 32.1. The number of aromatic nitrogens is 1. The molecule has 1 aliphatic rings. The number of rotatable bonds is 3. The molecule has 1 aromatic heterocycles. The van der Waals surface area contributed by atoms with E-state index < -0.39 is 0 Å². The quantitative estimate of drug-likeness (QED) is 0.823. The molecule has 0 spiro atoms. The molecule has 4 heteroatoms. The van der Waals surface area contributed by atoms with Crippen molar-refractivity contribution in [2.45, 2.75) is 19.8 Å². The van der Waals surface area contributed by atoms with Crippen molar-refractivity contribution >= 4 is 11.3 Å². The van der Waals surface area contributed by atoms with Gasteiger partial charge in [0.1, 0.15) is 0 Å². The lowest BCUT2D eigenvalue weighted by molar-refractivity contribution is 0.154. The fourth-order valence-electron chi connectivity index (χ4n) is 1.83. The minimum absolute atomic E-state index is 0.157. The van der Waals surface area contributed by atoms with Crippen LogP contribution in [0.4, 0.5) is 0 Å². The van der Waals surface area contributed by atoms with E-state index in [2.05, 4.69) is 10.4 Å². The van der Waals surface area contributed by atoms with E-state index in [-0.39, 0.29) is 5.41 Å². The Balaban J connectivity index is 2.08. The fourth-order valence-corrected chi connectivity index (χ4v) is 2.77. The number of thiazole rings is 1. The summed E-state index contributed by atoms with van der Waals surface area (Å²) in [6, 6.07) is 0. The van der Waals surface area contributed by atoms with Gasteiger partial charge in [-0.2, -0.15) is 0 Å². The number of ether oxygens (including phenoxy) is 1. The molecule has 1 atom stereocenters. The van der Waals surface area contributed by atoms with Crippen LogP contribution in [0.5, 0.6) is 0 Å². The molecular formula is C10H16N2OS. The van der Waals surface area contributed by atoms with Crippen molar-refractivity contribution < 1.29 is 4.74 Å². The molecule has 1 unspecified atom stereocenters. The van der Waals surface area contributed by atoms with E-state index in [9.17, 15) is 0 Å². The zero-order chi connectivity index (χ0) is 10.0. The highest BCUT2D eigenvalue weighted by Gasteiger charge is 2.34. The predicted molar refractivity (Wildman–Crippen MR) is 57.5 cm³/mol. The van der Waals surface area contributed by atoms with Gasteiger partial charge in [0.05, 0.1) is 11.6 Å². The summed E-state index contributed by atoms with van der Waals surface area (Å²) in [4.78, 5) is 4.47. The maximum atomic E-state index is 5.82. The molecular weight excluding hydrogens is 196 g/mol. The van der Waals surface area contributed by atoms with Crippen LogP contribution in [0.25, 0.3) is 0 Å². The molecule has 14 heavy (non-hydrogen) atoms. The van der Waals surface area contributed by atoms with Gasteiger partial charge in [0.15, 0.2) is 0 Å². The summed E-state index contributed by atoms with van der Waals surface area (Å²) in [7, 11) is 0. The second-order valence-corrected chi connectivity index (χ2v) is 5.01. The monoisotopic (exact) mass is 212 g/mol. The first-order chi connectivity index (χ1) is 6.74. The van der Waals surface area contributed by atoms with Crippen molar-refractivity contribution in [1.82, 2.24) is 4.98 Å². The van der Waals surface area contributed by atoms with Crippen molar-refractivity contribution in [3.05, 3.63) is 16.1 Å². The molecule has 3 nitrogen and oxygen atoms in total. The van der Waals surface area contributed by atoms with Crippen molar-refractivity contribution in [3.8, 4) is 0 Å². The molecule has 2 rings (SSSR count). The summed E-state index contributed by atoms with van der Waals surface area (Å²) in [6.07, 6.45) is 2.05. The Bertz CT molecular complexity index is 305. The molecule has 1 saturated heterocycles. The molecule has 0 saturated carbocycles.